The van der Waals surface area contributed by atoms with E-state index in [2.05, 4.69) is 5.32 Å². The number of rotatable bonds is 3. The van der Waals surface area contributed by atoms with E-state index in [0.29, 0.717) is 11.6 Å². The number of carbonyl (C=O) groups excluding carboxylic acids is 1. The van der Waals surface area contributed by atoms with Crippen molar-refractivity contribution in [2.45, 2.75) is 32.5 Å². The first-order chi connectivity index (χ1) is 8.17. The van der Waals surface area contributed by atoms with Gasteiger partial charge in [0.1, 0.15) is 6.17 Å². The van der Waals surface area contributed by atoms with Crippen molar-refractivity contribution in [3.8, 4) is 0 Å². The second kappa shape index (κ2) is 5.07. The van der Waals surface area contributed by atoms with Crippen LogP contribution in [0.15, 0.2) is 24.3 Å². The van der Waals surface area contributed by atoms with E-state index in [-0.39, 0.29) is 18.1 Å². The fraction of sp³-hybridized carbons (Fsp3) is 0.462. The highest BCUT2D eigenvalue weighted by Crippen LogP contribution is 2.27. The van der Waals surface area contributed by atoms with Crippen molar-refractivity contribution in [2.24, 2.45) is 0 Å². The van der Waals surface area contributed by atoms with Gasteiger partial charge in [-0.1, -0.05) is 30.7 Å². The standard InChI is InChI=1S/C13H17ClN2O/c1-3-11-13(17)16(4-2)12(15-11)9-6-5-7-10(14)8-9/h5-8,11-12,15H,3-4H2,1-2H3. The molecule has 1 saturated heterocycles. The first kappa shape index (κ1) is 12.4. The van der Waals surface area contributed by atoms with Crippen LogP contribution < -0.4 is 5.32 Å². The van der Waals surface area contributed by atoms with Gasteiger partial charge in [-0.05, 0) is 31.0 Å². The van der Waals surface area contributed by atoms with E-state index < -0.39 is 0 Å². The summed E-state index contributed by atoms with van der Waals surface area (Å²) < 4.78 is 0. The Labute approximate surface area is 107 Å². The minimum absolute atomic E-state index is 0.0452. The lowest BCUT2D eigenvalue weighted by Gasteiger charge is -2.23. The van der Waals surface area contributed by atoms with E-state index in [1.807, 2.05) is 43.0 Å². The zero-order chi connectivity index (χ0) is 12.4. The lowest BCUT2D eigenvalue weighted by molar-refractivity contribution is -0.129. The van der Waals surface area contributed by atoms with Gasteiger partial charge in [-0.2, -0.15) is 0 Å². The largest absolute Gasteiger partial charge is 0.322 e. The molecule has 2 unspecified atom stereocenters. The number of likely N-dealkylation sites (N-methyl/N-ethyl adjacent to an activating group) is 1. The molecule has 1 aromatic rings. The predicted molar refractivity (Wildman–Crippen MR) is 68.8 cm³/mol. The van der Waals surface area contributed by atoms with Crippen LogP contribution in [0.2, 0.25) is 5.02 Å². The van der Waals surface area contributed by atoms with Crippen LogP contribution in [0, 0.1) is 0 Å². The van der Waals surface area contributed by atoms with Crippen molar-refractivity contribution in [1.29, 1.82) is 0 Å². The van der Waals surface area contributed by atoms with Crippen molar-refractivity contribution in [3.63, 3.8) is 0 Å². The van der Waals surface area contributed by atoms with Crippen molar-refractivity contribution in [3.05, 3.63) is 34.9 Å². The van der Waals surface area contributed by atoms with Gasteiger partial charge in [0.2, 0.25) is 5.91 Å². The van der Waals surface area contributed by atoms with E-state index in [1.54, 1.807) is 0 Å². The van der Waals surface area contributed by atoms with Gasteiger partial charge in [-0.25, -0.2) is 0 Å². The summed E-state index contributed by atoms with van der Waals surface area (Å²) in [4.78, 5) is 13.9. The van der Waals surface area contributed by atoms with Gasteiger partial charge in [0.25, 0.3) is 0 Å². The van der Waals surface area contributed by atoms with Gasteiger partial charge in [-0.15, -0.1) is 0 Å². The van der Waals surface area contributed by atoms with Gasteiger partial charge >= 0.3 is 0 Å². The highest BCUT2D eigenvalue weighted by atomic mass is 35.5. The van der Waals surface area contributed by atoms with Gasteiger partial charge in [-0.3, -0.25) is 10.1 Å². The Bertz CT molecular complexity index is 422. The van der Waals surface area contributed by atoms with Crippen molar-refractivity contribution in [1.82, 2.24) is 10.2 Å². The minimum atomic E-state index is -0.0704. The smallest absolute Gasteiger partial charge is 0.241 e. The Hall–Kier alpha value is -1.06. The van der Waals surface area contributed by atoms with Crippen LogP contribution in [-0.2, 0) is 4.79 Å². The number of nitrogens with one attached hydrogen (secondary N) is 1. The highest BCUT2D eigenvalue weighted by molar-refractivity contribution is 6.30. The summed E-state index contributed by atoms with van der Waals surface area (Å²) in [6.45, 7) is 4.72. The number of amides is 1. The van der Waals surface area contributed by atoms with Crippen molar-refractivity contribution in [2.75, 3.05) is 6.54 Å². The van der Waals surface area contributed by atoms with E-state index in [0.717, 1.165) is 12.0 Å². The molecule has 92 valence electrons. The Morgan fingerprint density at radius 3 is 2.76 bits per heavy atom. The molecule has 0 aromatic heterocycles. The average Bonchev–Trinajstić information content (AvgIpc) is 2.65. The van der Waals surface area contributed by atoms with Crippen LogP contribution in [-0.4, -0.2) is 23.4 Å². The lowest BCUT2D eigenvalue weighted by atomic mass is 10.1. The Morgan fingerprint density at radius 1 is 1.41 bits per heavy atom. The van der Waals surface area contributed by atoms with Crippen molar-refractivity contribution >= 4 is 17.5 Å². The molecule has 1 fully saturated rings. The van der Waals surface area contributed by atoms with Crippen LogP contribution >= 0.6 is 11.6 Å². The minimum Gasteiger partial charge on any atom is -0.322 e. The molecule has 0 spiro atoms. The second-order valence-corrected chi connectivity index (χ2v) is 4.65. The molecule has 1 heterocycles. The second-order valence-electron chi connectivity index (χ2n) is 4.21. The predicted octanol–water partition coefficient (Wildman–Crippen LogP) is 2.57. The summed E-state index contributed by atoms with van der Waals surface area (Å²) in [5, 5.41) is 4.05. The van der Waals surface area contributed by atoms with Gasteiger partial charge in [0.05, 0.1) is 6.04 Å². The molecule has 0 bridgehead atoms. The van der Waals surface area contributed by atoms with Crippen LogP contribution in [0.1, 0.15) is 32.0 Å². The number of carbonyl (C=O) groups is 1. The molecule has 1 N–H and O–H groups in total. The molecule has 1 aliphatic heterocycles. The van der Waals surface area contributed by atoms with Gasteiger partial charge < -0.3 is 4.90 Å². The molecule has 3 nitrogen and oxygen atoms in total. The summed E-state index contributed by atoms with van der Waals surface area (Å²) in [6, 6.07) is 7.59. The van der Waals surface area contributed by atoms with Gasteiger partial charge in [0.15, 0.2) is 0 Å². The van der Waals surface area contributed by atoms with Crippen LogP contribution in [0.4, 0.5) is 0 Å². The molecule has 0 radical (unpaired) electrons. The number of hydrogen-bond acceptors (Lipinski definition) is 2. The molecule has 1 aromatic carbocycles. The zero-order valence-electron chi connectivity index (χ0n) is 10.1. The summed E-state index contributed by atoms with van der Waals surface area (Å²) >= 11 is 5.99. The topological polar surface area (TPSA) is 32.3 Å². The van der Waals surface area contributed by atoms with E-state index in [1.165, 1.54) is 0 Å². The Morgan fingerprint density at radius 2 is 2.18 bits per heavy atom. The number of benzene rings is 1. The third-order valence-electron chi connectivity index (χ3n) is 3.17. The van der Waals surface area contributed by atoms with Crippen LogP contribution in [0.5, 0.6) is 0 Å². The molecule has 0 saturated carbocycles. The first-order valence-corrected chi connectivity index (χ1v) is 6.37. The van der Waals surface area contributed by atoms with E-state index >= 15 is 0 Å². The normalized spacial score (nSPS) is 24.4. The van der Waals surface area contributed by atoms with Crippen LogP contribution in [0.3, 0.4) is 0 Å². The highest BCUT2D eigenvalue weighted by Gasteiger charge is 2.37. The summed E-state index contributed by atoms with van der Waals surface area (Å²) in [5.41, 5.74) is 1.05. The molecule has 1 amide bonds. The Kier molecular flexibility index (Phi) is 3.69. The maximum absolute atomic E-state index is 12.1. The third kappa shape index (κ3) is 2.31. The summed E-state index contributed by atoms with van der Waals surface area (Å²) in [7, 11) is 0. The molecule has 0 aliphatic carbocycles. The quantitative estimate of drug-likeness (QED) is 0.897. The molecule has 4 heteroatoms. The fourth-order valence-electron chi connectivity index (χ4n) is 2.26. The van der Waals surface area contributed by atoms with Gasteiger partial charge in [0, 0.05) is 11.6 Å². The summed E-state index contributed by atoms with van der Waals surface area (Å²) in [6.07, 6.45) is 0.767. The van der Waals surface area contributed by atoms with Crippen molar-refractivity contribution < 1.29 is 4.79 Å². The molecule has 17 heavy (non-hydrogen) atoms. The molecular weight excluding hydrogens is 236 g/mol. The number of nitrogens with zero attached hydrogens (tertiary/aromatic N) is 1. The molecule has 1 aliphatic rings. The average molecular weight is 253 g/mol. The zero-order valence-corrected chi connectivity index (χ0v) is 10.9. The SMILES string of the molecule is CCC1NC(c2cccc(Cl)c2)N(CC)C1=O. The first-order valence-electron chi connectivity index (χ1n) is 5.99. The molecule has 2 rings (SSSR count). The third-order valence-corrected chi connectivity index (χ3v) is 3.40. The number of halogens is 1. The van der Waals surface area contributed by atoms with E-state index in [4.69, 9.17) is 11.6 Å². The maximum atomic E-state index is 12.1. The van der Waals surface area contributed by atoms with Crippen LogP contribution in [0.25, 0.3) is 0 Å². The molecular formula is C13H17ClN2O. The molecule has 2 atom stereocenters. The Balaban J connectivity index is 2.29. The van der Waals surface area contributed by atoms with E-state index in [9.17, 15) is 4.79 Å². The monoisotopic (exact) mass is 252 g/mol. The number of hydrogen-bond donors (Lipinski definition) is 1. The maximum Gasteiger partial charge on any atom is 0.241 e. The lowest BCUT2D eigenvalue weighted by Crippen LogP contribution is -2.30. The fourth-order valence-corrected chi connectivity index (χ4v) is 2.46. The summed E-state index contributed by atoms with van der Waals surface area (Å²) in [5.74, 6) is 0.181.